The molecule has 0 aliphatic rings. The van der Waals surface area contributed by atoms with Crippen LogP contribution in [0.25, 0.3) is 0 Å². The zero-order chi connectivity index (χ0) is 11.8. The van der Waals surface area contributed by atoms with Gasteiger partial charge >= 0.3 is 11.9 Å². The Labute approximate surface area is 90.2 Å². The van der Waals surface area contributed by atoms with Gasteiger partial charge in [0.15, 0.2) is 0 Å². The topological polar surface area (TPSA) is 52.6 Å². The molecule has 0 aromatic rings. The minimum Gasteiger partial charge on any atom is -0.393 e. The molecule has 4 heteroatoms. The van der Waals surface area contributed by atoms with E-state index in [4.69, 9.17) is 9.47 Å². The van der Waals surface area contributed by atoms with E-state index >= 15 is 0 Å². The highest BCUT2D eigenvalue weighted by Crippen LogP contribution is 2.14. The summed E-state index contributed by atoms with van der Waals surface area (Å²) in [5.41, 5.74) is 0. The van der Waals surface area contributed by atoms with Gasteiger partial charge in [-0.15, -0.1) is 0 Å². The Bertz CT molecular complexity index is 233. The van der Waals surface area contributed by atoms with E-state index in [9.17, 15) is 9.59 Å². The van der Waals surface area contributed by atoms with Gasteiger partial charge in [0.05, 0.1) is 0 Å². The Morgan fingerprint density at radius 2 is 1.47 bits per heavy atom. The van der Waals surface area contributed by atoms with Crippen LogP contribution < -0.4 is 0 Å². The second-order valence-electron chi connectivity index (χ2n) is 3.25. The van der Waals surface area contributed by atoms with E-state index in [0.29, 0.717) is 0 Å². The molecule has 0 N–H and O–H groups in total. The van der Waals surface area contributed by atoms with Gasteiger partial charge in [-0.3, -0.25) is 9.59 Å². The standard InChI is InChI=1S/C11H18O4/c1-5-10(6-2)7-11(14-8(3)12)15-9(4)13/h7,10H,5-6H2,1-4H3. The zero-order valence-electron chi connectivity index (χ0n) is 9.70. The molecule has 0 aromatic heterocycles. The van der Waals surface area contributed by atoms with Gasteiger partial charge in [-0.05, 0) is 18.8 Å². The highest BCUT2D eigenvalue weighted by molar-refractivity contribution is 5.69. The molecular formula is C11H18O4. The normalized spacial score (nSPS) is 9.67. The van der Waals surface area contributed by atoms with Gasteiger partial charge in [-0.2, -0.15) is 0 Å². The van der Waals surface area contributed by atoms with Gasteiger partial charge < -0.3 is 9.47 Å². The van der Waals surface area contributed by atoms with Crippen LogP contribution >= 0.6 is 0 Å². The van der Waals surface area contributed by atoms with E-state index in [0.717, 1.165) is 12.8 Å². The summed E-state index contributed by atoms with van der Waals surface area (Å²) in [4.78, 5) is 21.5. The van der Waals surface area contributed by atoms with Crippen molar-refractivity contribution in [3.63, 3.8) is 0 Å². The van der Waals surface area contributed by atoms with E-state index in [-0.39, 0.29) is 11.9 Å². The number of carbonyl (C=O) groups excluding carboxylic acids is 2. The first-order valence-electron chi connectivity index (χ1n) is 5.08. The number of hydrogen-bond acceptors (Lipinski definition) is 4. The molecular weight excluding hydrogens is 196 g/mol. The Morgan fingerprint density at radius 3 is 1.73 bits per heavy atom. The van der Waals surface area contributed by atoms with Crippen molar-refractivity contribution < 1.29 is 19.1 Å². The second kappa shape index (κ2) is 7.04. The molecule has 0 aliphatic carbocycles. The highest BCUT2D eigenvalue weighted by Gasteiger charge is 2.10. The van der Waals surface area contributed by atoms with Crippen LogP contribution in [-0.2, 0) is 19.1 Å². The summed E-state index contributed by atoms with van der Waals surface area (Å²) < 4.78 is 9.55. The maximum atomic E-state index is 10.7. The summed E-state index contributed by atoms with van der Waals surface area (Å²) >= 11 is 0. The van der Waals surface area contributed by atoms with Crippen LogP contribution in [0.1, 0.15) is 40.5 Å². The number of esters is 2. The van der Waals surface area contributed by atoms with Gasteiger partial charge in [0.1, 0.15) is 0 Å². The lowest BCUT2D eigenvalue weighted by Crippen LogP contribution is -2.08. The van der Waals surface area contributed by atoms with E-state index in [1.54, 1.807) is 6.08 Å². The third-order valence-electron chi connectivity index (χ3n) is 1.91. The minimum absolute atomic E-state index is 0.0105. The fraction of sp³-hybridized carbons (Fsp3) is 0.636. The average molecular weight is 214 g/mol. The monoisotopic (exact) mass is 214 g/mol. The predicted molar refractivity (Wildman–Crippen MR) is 55.7 cm³/mol. The van der Waals surface area contributed by atoms with E-state index in [1.165, 1.54) is 13.8 Å². The maximum Gasteiger partial charge on any atom is 0.310 e. The summed E-state index contributed by atoms with van der Waals surface area (Å²) in [7, 11) is 0. The van der Waals surface area contributed by atoms with Gasteiger partial charge in [0.2, 0.25) is 0 Å². The molecule has 0 radical (unpaired) electrons. The van der Waals surface area contributed by atoms with Crippen LogP contribution in [0.5, 0.6) is 0 Å². The molecule has 0 fully saturated rings. The summed E-state index contributed by atoms with van der Waals surface area (Å²) in [5.74, 6) is -0.746. The van der Waals surface area contributed by atoms with Gasteiger partial charge in [-0.1, -0.05) is 13.8 Å². The maximum absolute atomic E-state index is 10.7. The number of hydrogen-bond donors (Lipinski definition) is 0. The first-order valence-corrected chi connectivity index (χ1v) is 5.08. The van der Waals surface area contributed by atoms with Crippen molar-refractivity contribution in [3.8, 4) is 0 Å². The molecule has 0 amide bonds. The molecule has 0 spiro atoms. The summed E-state index contributed by atoms with van der Waals surface area (Å²) in [6.45, 7) is 6.57. The fourth-order valence-corrected chi connectivity index (χ4v) is 1.09. The van der Waals surface area contributed by atoms with Crippen LogP contribution in [0.2, 0.25) is 0 Å². The van der Waals surface area contributed by atoms with Crippen LogP contribution in [0.3, 0.4) is 0 Å². The SMILES string of the molecule is CCC(C=C(OC(C)=O)OC(C)=O)CC. The van der Waals surface area contributed by atoms with Crippen molar-refractivity contribution in [2.75, 3.05) is 0 Å². The van der Waals surface area contributed by atoms with Crippen molar-refractivity contribution in [1.82, 2.24) is 0 Å². The third-order valence-corrected chi connectivity index (χ3v) is 1.91. The molecule has 0 aliphatic heterocycles. The van der Waals surface area contributed by atoms with Crippen molar-refractivity contribution in [2.45, 2.75) is 40.5 Å². The van der Waals surface area contributed by atoms with E-state index in [2.05, 4.69) is 0 Å². The molecule has 0 saturated carbocycles. The van der Waals surface area contributed by atoms with Crippen molar-refractivity contribution >= 4 is 11.9 Å². The van der Waals surface area contributed by atoms with Crippen molar-refractivity contribution in [3.05, 3.63) is 12.0 Å². The van der Waals surface area contributed by atoms with E-state index < -0.39 is 11.9 Å². The minimum atomic E-state index is -0.492. The van der Waals surface area contributed by atoms with Crippen molar-refractivity contribution in [1.29, 1.82) is 0 Å². The molecule has 0 heterocycles. The third kappa shape index (κ3) is 6.71. The molecule has 0 rings (SSSR count). The van der Waals surface area contributed by atoms with Crippen molar-refractivity contribution in [2.24, 2.45) is 5.92 Å². The number of allylic oxidation sites excluding steroid dienone is 1. The Balaban J connectivity index is 4.58. The second-order valence-corrected chi connectivity index (χ2v) is 3.25. The summed E-state index contributed by atoms with van der Waals surface area (Å²) in [6, 6.07) is 0. The molecule has 0 unspecified atom stereocenters. The first-order chi connectivity index (χ1) is 6.99. The first kappa shape index (κ1) is 13.7. The number of rotatable bonds is 5. The van der Waals surface area contributed by atoms with Crippen LogP contribution in [0.15, 0.2) is 12.0 Å². The van der Waals surface area contributed by atoms with Gasteiger partial charge in [-0.25, -0.2) is 0 Å². The Morgan fingerprint density at radius 1 is 1.07 bits per heavy atom. The van der Waals surface area contributed by atoms with Crippen LogP contribution in [0, 0.1) is 5.92 Å². The fourth-order valence-electron chi connectivity index (χ4n) is 1.09. The number of ether oxygens (including phenoxy) is 2. The van der Waals surface area contributed by atoms with Crippen LogP contribution in [-0.4, -0.2) is 11.9 Å². The molecule has 0 atom stereocenters. The average Bonchev–Trinajstić information content (AvgIpc) is 2.11. The van der Waals surface area contributed by atoms with E-state index in [1.807, 2.05) is 13.8 Å². The molecule has 86 valence electrons. The zero-order valence-corrected chi connectivity index (χ0v) is 9.70. The Kier molecular flexibility index (Phi) is 6.42. The lowest BCUT2D eigenvalue weighted by molar-refractivity contribution is -0.151. The van der Waals surface area contributed by atoms with Crippen LogP contribution in [0.4, 0.5) is 0 Å². The molecule has 0 bridgehead atoms. The highest BCUT2D eigenvalue weighted by atomic mass is 16.7. The predicted octanol–water partition coefficient (Wildman–Crippen LogP) is 2.39. The lowest BCUT2D eigenvalue weighted by atomic mass is 10.0. The lowest BCUT2D eigenvalue weighted by Gasteiger charge is -2.10. The molecule has 0 aromatic carbocycles. The van der Waals surface area contributed by atoms with Gasteiger partial charge in [0.25, 0.3) is 5.95 Å². The molecule has 0 saturated heterocycles. The Hall–Kier alpha value is -1.32. The molecule has 4 nitrogen and oxygen atoms in total. The smallest absolute Gasteiger partial charge is 0.310 e. The summed E-state index contributed by atoms with van der Waals surface area (Å²) in [5, 5.41) is 0. The van der Waals surface area contributed by atoms with Gasteiger partial charge in [0, 0.05) is 19.9 Å². The molecule has 15 heavy (non-hydrogen) atoms. The quantitative estimate of drug-likeness (QED) is 0.521. The number of carbonyl (C=O) groups is 2. The largest absolute Gasteiger partial charge is 0.393 e. The summed E-state index contributed by atoms with van der Waals surface area (Å²) in [6.07, 6.45) is 3.48.